The van der Waals surface area contributed by atoms with Crippen molar-refractivity contribution in [1.82, 2.24) is 19.2 Å². The van der Waals surface area contributed by atoms with Gasteiger partial charge in [-0.3, -0.25) is 4.79 Å². The number of carbonyl (C=O) groups is 1. The van der Waals surface area contributed by atoms with Crippen molar-refractivity contribution in [2.24, 2.45) is 0 Å². The molecule has 1 amide bonds. The van der Waals surface area contributed by atoms with E-state index in [0.29, 0.717) is 17.2 Å². The van der Waals surface area contributed by atoms with Crippen LogP contribution in [0, 0.1) is 6.92 Å². The number of carbonyl (C=O) groups excluding carboxylic acids is 1. The van der Waals surface area contributed by atoms with Gasteiger partial charge in [0.15, 0.2) is 5.65 Å². The first-order chi connectivity index (χ1) is 15.1. The van der Waals surface area contributed by atoms with Gasteiger partial charge < -0.3 is 5.32 Å². The third-order valence-corrected chi connectivity index (χ3v) is 5.17. The fourth-order valence-electron chi connectivity index (χ4n) is 3.75. The molecule has 0 aliphatic heterocycles. The molecule has 152 valence electrons. The average molecular weight is 409 g/mol. The summed E-state index contributed by atoms with van der Waals surface area (Å²) < 4.78 is 2.62. The zero-order chi connectivity index (χ0) is 21.4. The summed E-state index contributed by atoms with van der Waals surface area (Å²) in [5.41, 5.74) is 3.44. The minimum absolute atomic E-state index is 0.197. The van der Waals surface area contributed by atoms with Crippen LogP contribution in [0.15, 0.2) is 83.7 Å². The van der Waals surface area contributed by atoms with Crippen LogP contribution in [0.25, 0.3) is 27.7 Å². The van der Waals surface area contributed by atoms with Crippen LogP contribution in [-0.4, -0.2) is 25.1 Å². The van der Waals surface area contributed by atoms with E-state index >= 15 is 0 Å². The number of hydrogen-bond donors (Lipinski definition) is 1. The zero-order valence-corrected chi connectivity index (χ0v) is 16.8. The first-order valence-electron chi connectivity index (χ1n) is 9.91. The second-order valence-corrected chi connectivity index (χ2v) is 7.24. The molecule has 0 spiro atoms. The molecule has 0 aliphatic carbocycles. The van der Waals surface area contributed by atoms with Crippen LogP contribution in [0.5, 0.6) is 0 Å². The number of para-hydroxylation sites is 2. The van der Waals surface area contributed by atoms with Gasteiger partial charge in [-0.25, -0.2) is 18.9 Å². The van der Waals surface area contributed by atoms with Gasteiger partial charge in [-0.2, -0.15) is 0 Å². The first kappa shape index (κ1) is 18.7. The molecule has 0 unspecified atom stereocenters. The minimum atomic E-state index is -0.391. The van der Waals surface area contributed by atoms with Crippen LogP contribution in [0.4, 0.5) is 5.69 Å². The van der Waals surface area contributed by atoms with E-state index in [2.05, 4.69) is 15.4 Å². The first-order valence-corrected chi connectivity index (χ1v) is 9.91. The van der Waals surface area contributed by atoms with E-state index in [9.17, 15) is 9.59 Å². The summed E-state index contributed by atoms with van der Waals surface area (Å²) in [4.78, 5) is 30.2. The van der Waals surface area contributed by atoms with E-state index in [0.717, 1.165) is 22.0 Å². The van der Waals surface area contributed by atoms with Crippen molar-refractivity contribution in [2.45, 2.75) is 13.5 Å². The molecule has 5 aromatic rings. The van der Waals surface area contributed by atoms with Gasteiger partial charge in [0, 0.05) is 16.6 Å². The summed E-state index contributed by atoms with van der Waals surface area (Å²) in [5.74, 6) is 0.198. The minimum Gasteiger partial charge on any atom is -0.324 e. The molecule has 0 aliphatic rings. The molecule has 5 rings (SSSR count). The maximum atomic E-state index is 12.9. The zero-order valence-electron chi connectivity index (χ0n) is 16.8. The molecule has 0 fully saturated rings. The Hall–Kier alpha value is -4.26. The monoisotopic (exact) mass is 409 g/mol. The topological polar surface area (TPSA) is 81.3 Å². The maximum absolute atomic E-state index is 12.9. The van der Waals surface area contributed by atoms with E-state index in [-0.39, 0.29) is 12.5 Å². The van der Waals surface area contributed by atoms with Gasteiger partial charge in [0.05, 0.1) is 5.52 Å². The van der Waals surface area contributed by atoms with Crippen LogP contribution in [0.2, 0.25) is 0 Å². The molecule has 2 aromatic heterocycles. The molecule has 0 radical (unpaired) electrons. The number of amides is 1. The Morgan fingerprint density at radius 3 is 2.48 bits per heavy atom. The fraction of sp³-hybridized carbons (Fsp3) is 0.0833. The standard InChI is InChI=1S/C24H19N5O2/c1-16-25-21-14-8-6-12-19(21)23-27-28(24(31)29(16)23)15-22(30)26-20-13-7-5-11-18(20)17-9-3-2-4-10-17/h2-14H,15H2,1H3,(H,26,30). The summed E-state index contributed by atoms with van der Waals surface area (Å²) in [5, 5.41) is 8.11. The average Bonchev–Trinajstić information content (AvgIpc) is 3.11. The molecule has 31 heavy (non-hydrogen) atoms. The van der Waals surface area contributed by atoms with E-state index in [4.69, 9.17) is 0 Å². The quantitative estimate of drug-likeness (QED) is 0.491. The predicted octanol–water partition coefficient (Wildman–Crippen LogP) is 3.66. The molecular weight excluding hydrogens is 390 g/mol. The lowest BCUT2D eigenvalue weighted by molar-refractivity contribution is -0.117. The fourth-order valence-corrected chi connectivity index (χ4v) is 3.75. The number of rotatable bonds is 4. The highest BCUT2D eigenvalue weighted by molar-refractivity contribution is 5.95. The summed E-state index contributed by atoms with van der Waals surface area (Å²) in [6.45, 7) is 1.56. The molecule has 1 N–H and O–H groups in total. The predicted molar refractivity (Wildman–Crippen MR) is 120 cm³/mol. The van der Waals surface area contributed by atoms with Gasteiger partial charge in [0.1, 0.15) is 12.4 Å². The van der Waals surface area contributed by atoms with Gasteiger partial charge in [0.2, 0.25) is 5.91 Å². The molecule has 0 saturated heterocycles. The molecule has 7 nitrogen and oxygen atoms in total. The third kappa shape index (κ3) is 3.36. The number of anilines is 1. The summed E-state index contributed by atoms with van der Waals surface area (Å²) in [6, 6.07) is 24.9. The van der Waals surface area contributed by atoms with Crippen molar-refractivity contribution in [1.29, 1.82) is 0 Å². The van der Waals surface area contributed by atoms with Gasteiger partial charge in [-0.05, 0) is 30.7 Å². The Morgan fingerprint density at radius 1 is 0.935 bits per heavy atom. The van der Waals surface area contributed by atoms with Crippen molar-refractivity contribution in [3.05, 3.63) is 95.2 Å². The van der Waals surface area contributed by atoms with Crippen molar-refractivity contribution in [3.63, 3.8) is 0 Å². The van der Waals surface area contributed by atoms with Gasteiger partial charge >= 0.3 is 5.69 Å². The summed E-state index contributed by atoms with van der Waals surface area (Å²) >= 11 is 0. The van der Waals surface area contributed by atoms with Gasteiger partial charge in [-0.1, -0.05) is 60.7 Å². The molecule has 0 atom stereocenters. The Kier molecular flexibility index (Phi) is 4.55. The van der Waals surface area contributed by atoms with Gasteiger partial charge in [-0.15, -0.1) is 5.10 Å². The summed E-state index contributed by atoms with van der Waals surface area (Å²) in [7, 11) is 0. The number of aromatic nitrogens is 4. The molecule has 2 heterocycles. The number of nitrogens with zero attached hydrogens (tertiary/aromatic N) is 4. The SMILES string of the molecule is Cc1nc2ccccc2c2nn(CC(=O)Nc3ccccc3-c3ccccc3)c(=O)n12. The Labute approximate surface area is 177 Å². The van der Waals surface area contributed by atoms with E-state index in [1.54, 1.807) is 6.92 Å². The second-order valence-electron chi connectivity index (χ2n) is 7.24. The molecule has 0 saturated carbocycles. The number of fused-ring (bicyclic) bond motifs is 3. The summed E-state index contributed by atoms with van der Waals surface area (Å²) in [6.07, 6.45) is 0. The Morgan fingerprint density at radius 2 is 1.65 bits per heavy atom. The van der Waals surface area contributed by atoms with Gasteiger partial charge in [0.25, 0.3) is 0 Å². The lowest BCUT2D eigenvalue weighted by atomic mass is 10.0. The molecule has 0 bridgehead atoms. The Bertz CT molecular complexity index is 1480. The number of aryl methyl sites for hydroxylation is 1. The number of benzene rings is 3. The van der Waals surface area contributed by atoms with Crippen LogP contribution in [0.3, 0.4) is 0 Å². The van der Waals surface area contributed by atoms with Crippen molar-refractivity contribution >= 4 is 28.1 Å². The normalized spacial score (nSPS) is 11.1. The smallest absolute Gasteiger partial charge is 0.324 e. The molecule has 3 aromatic carbocycles. The third-order valence-electron chi connectivity index (χ3n) is 5.17. The van der Waals surface area contributed by atoms with E-state index < -0.39 is 5.69 Å². The highest BCUT2D eigenvalue weighted by atomic mass is 16.2. The highest BCUT2D eigenvalue weighted by Gasteiger charge is 2.16. The van der Waals surface area contributed by atoms with Crippen molar-refractivity contribution in [3.8, 4) is 11.1 Å². The van der Waals surface area contributed by atoms with Crippen molar-refractivity contribution < 1.29 is 4.79 Å². The van der Waals surface area contributed by atoms with Crippen LogP contribution in [-0.2, 0) is 11.3 Å². The molecule has 7 heteroatoms. The maximum Gasteiger partial charge on any atom is 0.352 e. The van der Waals surface area contributed by atoms with E-state index in [1.807, 2.05) is 78.9 Å². The lowest BCUT2D eigenvalue weighted by Crippen LogP contribution is -2.29. The Balaban J connectivity index is 1.49. The van der Waals surface area contributed by atoms with Crippen molar-refractivity contribution in [2.75, 3.05) is 5.32 Å². The van der Waals surface area contributed by atoms with Crippen LogP contribution < -0.4 is 11.0 Å². The number of hydrogen-bond acceptors (Lipinski definition) is 4. The lowest BCUT2D eigenvalue weighted by Gasteiger charge is -2.11. The van der Waals surface area contributed by atoms with E-state index in [1.165, 1.54) is 9.08 Å². The largest absolute Gasteiger partial charge is 0.352 e. The number of nitrogens with one attached hydrogen (secondary N) is 1. The highest BCUT2D eigenvalue weighted by Crippen LogP contribution is 2.27. The van der Waals surface area contributed by atoms with Crippen LogP contribution >= 0.6 is 0 Å². The van der Waals surface area contributed by atoms with Crippen LogP contribution in [0.1, 0.15) is 5.82 Å². The molecular formula is C24H19N5O2. The second kappa shape index (κ2) is 7.53.